The fraction of sp³-hybridized carbons (Fsp3) is 0. The van der Waals surface area contributed by atoms with Gasteiger partial charge in [0, 0.05) is 36.7 Å². The summed E-state index contributed by atoms with van der Waals surface area (Å²) in [4.78, 5) is 68.1. The van der Waals surface area contributed by atoms with Crippen LogP contribution in [0.3, 0.4) is 0 Å². The van der Waals surface area contributed by atoms with Gasteiger partial charge in [-0.2, -0.15) is 0 Å². The van der Waals surface area contributed by atoms with Crippen LogP contribution >= 0.6 is 0 Å². The quantitative estimate of drug-likeness (QED) is 0.359. The van der Waals surface area contributed by atoms with E-state index in [-0.39, 0.29) is 72.4 Å². The molecule has 0 aliphatic carbocycles. The number of hydrogen-bond acceptors (Lipinski definition) is 12. The summed E-state index contributed by atoms with van der Waals surface area (Å²) in [5, 5.41) is 0. The van der Waals surface area contributed by atoms with Crippen LogP contribution in [0.15, 0.2) is 0 Å². The summed E-state index contributed by atoms with van der Waals surface area (Å²) >= 11 is 0. The maximum absolute atomic E-state index is 8.52. The Morgan fingerprint density at radius 2 is 0.400 bits per heavy atom. The maximum atomic E-state index is 8.52. The van der Waals surface area contributed by atoms with Crippen molar-refractivity contribution in [1.82, 2.24) is 0 Å². The molecular weight excluding hydrogens is 372 g/mol. The van der Waals surface area contributed by atoms with Gasteiger partial charge in [0.05, 0.1) is 0 Å². The average Bonchev–Trinajstić information content (AvgIpc) is 1.76. The molecule has 96 valence electrons. The van der Waals surface area contributed by atoms with Crippen LogP contribution in [0.25, 0.3) is 0 Å². The van der Waals surface area contributed by atoms with Gasteiger partial charge in [0.2, 0.25) is 0 Å². The average molecular weight is 372 g/mol. The van der Waals surface area contributed by atoms with E-state index in [1.165, 1.54) is 0 Å². The van der Waals surface area contributed by atoms with Gasteiger partial charge < -0.3 is 56.2 Å². The zero-order chi connectivity index (χ0) is 14.3. The van der Waals surface area contributed by atoms with E-state index < -0.39 is 36.7 Å². The molecule has 12 nitrogen and oxygen atoms in total. The predicted molar refractivity (Wildman–Crippen MR) is 37.3 cm³/mol. The largest absolute Gasteiger partial charge is 3.00 e. The van der Waals surface area contributed by atoms with Crippen molar-refractivity contribution in [2.24, 2.45) is 0 Å². The fourth-order valence-electron chi connectivity index (χ4n) is 0. The van der Waals surface area contributed by atoms with Crippen LogP contribution in [0.1, 0.15) is 0 Å². The molecule has 0 aromatic heterocycles. The van der Waals surface area contributed by atoms with Crippen molar-refractivity contribution in [2.75, 3.05) is 0 Å². The molecular formula is Al2Li2O12Si4. The molecule has 0 saturated heterocycles. The van der Waals surface area contributed by atoms with Crippen LogP contribution in [0.5, 0.6) is 0 Å². The molecule has 0 aliphatic heterocycles. The van der Waals surface area contributed by atoms with Crippen molar-refractivity contribution in [3.8, 4) is 0 Å². The number of hydrogen-bond donors (Lipinski definition) is 0. The third-order valence-corrected chi connectivity index (χ3v) is 0. The van der Waals surface area contributed by atoms with Gasteiger partial charge in [0.25, 0.3) is 0 Å². The van der Waals surface area contributed by atoms with E-state index in [2.05, 4.69) is 0 Å². The summed E-state index contributed by atoms with van der Waals surface area (Å²) in [5.41, 5.74) is 0. The Bertz CT molecular complexity index is 171. The van der Waals surface area contributed by atoms with Crippen molar-refractivity contribution in [3.63, 3.8) is 0 Å². The van der Waals surface area contributed by atoms with Gasteiger partial charge in [-0.05, 0) is 0 Å². The Kier molecular flexibility index (Phi) is 106. The molecule has 0 aromatic carbocycles. The van der Waals surface area contributed by atoms with Gasteiger partial charge >= 0.3 is 72.4 Å². The molecule has 0 unspecified atom stereocenters. The van der Waals surface area contributed by atoms with E-state index in [0.29, 0.717) is 0 Å². The molecule has 0 radical (unpaired) electrons. The smallest absolute Gasteiger partial charge is 0.672 e. The first-order valence-electron chi connectivity index (χ1n) is 2.45. The second kappa shape index (κ2) is 42.7. The summed E-state index contributed by atoms with van der Waals surface area (Å²) < 4.78 is 34.1. The molecule has 0 atom stereocenters. The Labute approximate surface area is 164 Å². The van der Waals surface area contributed by atoms with Crippen molar-refractivity contribution in [1.29, 1.82) is 0 Å². The SMILES string of the molecule is O=[Si]([O-])[O-].O=[Si]([O-])[O-].O=[Si]([O-])[O-].O=[Si]([O-])[O-].[Al+3].[Al+3].[Li+].[Li+]. The Balaban J connectivity index is -0.0000000150. The van der Waals surface area contributed by atoms with E-state index in [1.807, 2.05) is 0 Å². The summed E-state index contributed by atoms with van der Waals surface area (Å²) in [6.07, 6.45) is 0. The Morgan fingerprint density at radius 3 is 0.400 bits per heavy atom. The molecule has 0 fully saturated rings. The molecule has 0 amide bonds. The van der Waals surface area contributed by atoms with Gasteiger partial charge in [-0.25, -0.2) is 0 Å². The predicted octanol–water partition coefficient (Wildman–Crippen LogP) is -18.3. The van der Waals surface area contributed by atoms with E-state index in [4.69, 9.17) is 56.2 Å². The van der Waals surface area contributed by atoms with Gasteiger partial charge in [0.15, 0.2) is 0 Å². The molecule has 0 heterocycles. The van der Waals surface area contributed by atoms with Gasteiger partial charge in [-0.15, -0.1) is 0 Å². The Hall–Kier alpha value is 0.727. The second-order valence-corrected chi connectivity index (χ2v) is 3.00. The van der Waals surface area contributed by atoms with Gasteiger partial charge in [-0.1, -0.05) is 0 Å². The first-order valence-corrected chi connectivity index (χ1v) is 7.35. The molecule has 0 saturated carbocycles. The van der Waals surface area contributed by atoms with Crippen molar-refractivity contribution in [2.45, 2.75) is 0 Å². The first-order chi connectivity index (χ1) is 6.93. The summed E-state index contributed by atoms with van der Waals surface area (Å²) in [5.74, 6) is 0. The van der Waals surface area contributed by atoms with Crippen LogP contribution in [-0.2, 0) is 17.8 Å². The van der Waals surface area contributed by atoms with Gasteiger partial charge in [0.1, 0.15) is 0 Å². The first kappa shape index (κ1) is 49.8. The van der Waals surface area contributed by atoms with Crippen LogP contribution in [-0.4, -0.2) is 71.4 Å². The fourth-order valence-corrected chi connectivity index (χ4v) is 0. The molecule has 0 N–H and O–H groups in total. The van der Waals surface area contributed by atoms with Crippen LogP contribution < -0.4 is 76.1 Å². The summed E-state index contributed by atoms with van der Waals surface area (Å²) in [6.45, 7) is 0. The zero-order valence-electron chi connectivity index (χ0n) is 10.1. The molecule has 20 heteroatoms. The molecule has 0 aliphatic rings. The minimum atomic E-state index is -3.63. The Morgan fingerprint density at radius 1 is 0.400 bits per heavy atom. The zero-order valence-corrected chi connectivity index (χ0v) is 16.4. The topological polar surface area (TPSA) is 253 Å². The third kappa shape index (κ3) is 11100. The van der Waals surface area contributed by atoms with Crippen LogP contribution in [0, 0.1) is 0 Å². The minimum Gasteiger partial charge on any atom is -0.672 e. The van der Waals surface area contributed by atoms with E-state index in [0.717, 1.165) is 0 Å². The van der Waals surface area contributed by atoms with E-state index >= 15 is 0 Å². The standard InChI is InChI=1S/2Al.2Li.4O3Si/c;;;;4*1-4(2)3/q2*+3;2*+1;4*-2. The molecule has 0 bridgehead atoms. The van der Waals surface area contributed by atoms with E-state index in [1.54, 1.807) is 0 Å². The summed E-state index contributed by atoms with van der Waals surface area (Å²) in [6, 6.07) is 0. The van der Waals surface area contributed by atoms with Crippen LogP contribution in [0.2, 0.25) is 0 Å². The van der Waals surface area contributed by atoms with Crippen LogP contribution in [0.4, 0.5) is 0 Å². The third-order valence-electron chi connectivity index (χ3n) is 0. The maximum Gasteiger partial charge on any atom is 3.00 e. The molecule has 0 rings (SSSR count). The molecule has 0 spiro atoms. The summed E-state index contributed by atoms with van der Waals surface area (Å²) in [7, 11) is -14.5. The van der Waals surface area contributed by atoms with Gasteiger partial charge in [-0.3, -0.25) is 0 Å². The monoisotopic (exact) mass is 372 g/mol. The second-order valence-electron chi connectivity index (χ2n) is 1.00. The normalized spacial score (nSPS) is 4.80. The van der Waals surface area contributed by atoms with Crippen molar-refractivity contribution in [3.05, 3.63) is 0 Å². The minimum absolute atomic E-state index is 0. The van der Waals surface area contributed by atoms with Crippen molar-refractivity contribution >= 4 is 71.4 Å². The molecule has 20 heavy (non-hydrogen) atoms. The van der Waals surface area contributed by atoms with E-state index in [9.17, 15) is 0 Å². The number of rotatable bonds is 0. The molecule has 0 aromatic rings. The van der Waals surface area contributed by atoms with Crippen molar-refractivity contribution < 1.29 is 93.9 Å².